The molecule has 4 heteroatoms. The molecule has 4 nitrogen and oxygen atoms in total. The number of hydrogen-bond donors (Lipinski definition) is 2. The van der Waals surface area contributed by atoms with Crippen LogP contribution in [-0.2, 0) is 4.79 Å². The standard InChI is InChI=1S/C20H16N2O2/c23-19(13-10-15-6-2-1-3-7-15)22-20(24)21-18-12-11-16-8-4-5-9-17(16)14-18/h1-14H,(H2,21,22,23,24)/b13-10+. The maximum absolute atomic E-state index is 11.9. The Hall–Kier alpha value is -3.40. The van der Waals surface area contributed by atoms with Crippen molar-refractivity contribution < 1.29 is 9.59 Å². The molecule has 0 fully saturated rings. The minimum atomic E-state index is -0.562. The van der Waals surface area contributed by atoms with Crippen molar-refractivity contribution in [3.05, 3.63) is 84.4 Å². The first-order valence-electron chi connectivity index (χ1n) is 7.54. The summed E-state index contributed by atoms with van der Waals surface area (Å²) in [5.74, 6) is -0.475. The van der Waals surface area contributed by atoms with Gasteiger partial charge in [-0.15, -0.1) is 0 Å². The number of nitrogens with one attached hydrogen (secondary N) is 2. The van der Waals surface area contributed by atoms with Gasteiger partial charge in [0.25, 0.3) is 5.91 Å². The zero-order valence-corrected chi connectivity index (χ0v) is 12.9. The molecule has 3 amide bonds. The number of carbonyl (C=O) groups is 2. The highest BCUT2D eigenvalue weighted by atomic mass is 16.2. The van der Waals surface area contributed by atoms with E-state index in [1.807, 2.05) is 66.7 Å². The topological polar surface area (TPSA) is 58.2 Å². The lowest BCUT2D eigenvalue weighted by atomic mass is 10.1. The summed E-state index contributed by atoms with van der Waals surface area (Å²) >= 11 is 0. The number of carbonyl (C=O) groups excluding carboxylic acids is 2. The maximum Gasteiger partial charge on any atom is 0.326 e. The van der Waals surface area contributed by atoms with Crippen molar-refractivity contribution in [1.29, 1.82) is 0 Å². The predicted octanol–water partition coefficient (Wildman–Crippen LogP) is 4.20. The number of urea groups is 1. The van der Waals surface area contributed by atoms with Gasteiger partial charge in [0.2, 0.25) is 0 Å². The minimum absolute atomic E-state index is 0.475. The molecule has 0 aliphatic rings. The van der Waals surface area contributed by atoms with E-state index in [4.69, 9.17) is 0 Å². The van der Waals surface area contributed by atoms with Crippen molar-refractivity contribution in [3.8, 4) is 0 Å². The molecule has 0 radical (unpaired) electrons. The molecule has 3 rings (SSSR count). The highest BCUT2D eigenvalue weighted by Crippen LogP contribution is 2.18. The zero-order valence-electron chi connectivity index (χ0n) is 12.9. The molecule has 3 aromatic carbocycles. The van der Waals surface area contributed by atoms with Crippen LogP contribution in [0.3, 0.4) is 0 Å². The Labute approximate surface area is 139 Å². The summed E-state index contributed by atoms with van der Waals surface area (Å²) < 4.78 is 0. The van der Waals surface area contributed by atoms with Crippen LogP contribution in [0.2, 0.25) is 0 Å². The van der Waals surface area contributed by atoms with Gasteiger partial charge in [-0.05, 0) is 34.5 Å². The number of hydrogen-bond acceptors (Lipinski definition) is 2. The van der Waals surface area contributed by atoms with Gasteiger partial charge in [-0.1, -0.05) is 60.7 Å². The first-order valence-corrected chi connectivity index (χ1v) is 7.54. The van der Waals surface area contributed by atoms with Crippen LogP contribution in [0.5, 0.6) is 0 Å². The SMILES string of the molecule is O=C(/C=C/c1ccccc1)NC(=O)Nc1ccc2ccccc2c1. The van der Waals surface area contributed by atoms with Crippen molar-refractivity contribution in [2.24, 2.45) is 0 Å². The third kappa shape index (κ3) is 4.08. The maximum atomic E-state index is 11.9. The Balaban J connectivity index is 1.60. The number of amides is 3. The van der Waals surface area contributed by atoms with Crippen molar-refractivity contribution in [2.45, 2.75) is 0 Å². The second kappa shape index (κ2) is 7.24. The van der Waals surface area contributed by atoms with Crippen LogP contribution in [0, 0.1) is 0 Å². The summed E-state index contributed by atoms with van der Waals surface area (Å²) in [5.41, 5.74) is 1.52. The predicted molar refractivity (Wildman–Crippen MR) is 96.6 cm³/mol. The molecule has 0 saturated carbocycles. The molecule has 0 aromatic heterocycles. The van der Waals surface area contributed by atoms with Gasteiger partial charge in [0.1, 0.15) is 0 Å². The monoisotopic (exact) mass is 316 g/mol. The Morgan fingerprint density at radius 1 is 0.792 bits per heavy atom. The summed E-state index contributed by atoms with van der Waals surface area (Å²) in [7, 11) is 0. The third-order valence-electron chi connectivity index (χ3n) is 3.47. The Morgan fingerprint density at radius 2 is 1.50 bits per heavy atom. The van der Waals surface area contributed by atoms with Gasteiger partial charge in [-0.3, -0.25) is 10.1 Å². The number of anilines is 1. The lowest BCUT2D eigenvalue weighted by Crippen LogP contribution is -2.33. The first-order chi connectivity index (χ1) is 11.7. The lowest BCUT2D eigenvalue weighted by molar-refractivity contribution is -0.115. The number of fused-ring (bicyclic) bond motifs is 1. The summed E-state index contributed by atoms with van der Waals surface area (Å²) in [6.07, 6.45) is 2.98. The summed E-state index contributed by atoms with van der Waals surface area (Å²) in [6, 6.07) is 22.3. The fourth-order valence-electron chi connectivity index (χ4n) is 2.32. The van der Waals surface area contributed by atoms with Crippen LogP contribution in [0.25, 0.3) is 16.8 Å². The van der Waals surface area contributed by atoms with E-state index in [0.29, 0.717) is 5.69 Å². The summed E-state index contributed by atoms with van der Waals surface area (Å²) in [4.78, 5) is 23.7. The van der Waals surface area contributed by atoms with Crippen LogP contribution in [0.1, 0.15) is 5.56 Å². The highest BCUT2D eigenvalue weighted by Gasteiger charge is 2.05. The number of imide groups is 1. The Bertz CT molecular complexity index is 902. The van der Waals surface area contributed by atoms with E-state index in [0.717, 1.165) is 16.3 Å². The molecule has 0 bridgehead atoms. The first kappa shape index (κ1) is 15.5. The van der Waals surface area contributed by atoms with E-state index >= 15 is 0 Å². The molecule has 3 aromatic rings. The molecule has 0 aliphatic carbocycles. The fraction of sp³-hybridized carbons (Fsp3) is 0. The molecular weight excluding hydrogens is 300 g/mol. The quantitative estimate of drug-likeness (QED) is 0.711. The molecule has 0 aliphatic heterocycles. The van der Waals surface area contributed by atoms with Gasteiger partial charge < -0.3 is 5.32 Å². The van der Waals surface area contributed by atoms with E-state index in [1.54, 1.807) is 12.1 Å². The Kier molecular flexibility index (Phi) is 4.68. The summed E-state index contributed by atoms with van der Waals surface area (Å²) in [6.45, 7) is 0. The van der Waals surface area contributed by atoms with Crippen molar-refractivity contribution >= 4 is 34.5 Å². The van der Waals surface area contributed by atoms with Crippen molar-refractivity contribution in [1.82, 2.24) is 5.32 Å². The normalized spacial score (nSPS) is 10.7. The molecule has 2 N–H and O–H groups in total. The molecular formula is C20H16N2O2. The molecule has 24 heavy (non-hydrogen) atoms. The lowest BCUT2D eigenvalue weighted by Gasteiger charge is -2.06. The fourth-order valence-corrected chi connectivity index (χ4v) is 2.32. The van der Waals surface area contributed by atoms with Crippen molar-refractivity contribution in [3.63, 3.8) is 0 Å². The smallest absolute Gasteiger partial charge is 0.308 e. The van der Waals surface area contributed by atoms with Gasteiger partial charge in [0.15, 0.2) is 0 Å². The zero-order chi connectivity index (χ0) is 16.8. The van der Waals surface area contributed by atoms with Crippen LogP contribution >= 0.6 is 0 Å². The van der Waals surface area contributed by atoms with Crippen LogP contribution < -0.4 is 10.6 Å². The van der Waals surface area contributed by atoms with Gasteiger partial charge in [-0.2, -0.15) is 0 Å². The molecule has 0 spiro atoms. The average Bonchev–Trinajstić information content (AvgIpc) is 2.60. The van der Waals surface area contributed by atoms with E-state index in [-0.39, 0.29) is 0 Å². The molecule has 118 valence electrons. The van der Waals surface area contributed by atoms with E-state index in [9.17, 15) is 9.59 Å². The van der Waals surface area contributed by atoms with Gasteiger partial charge >= 0.3 is 6.03 Å². The second-order valence-corrected chi connectivity index (χ2v) is 5.25. The number of benzene rings is 3. The molecule has 0 saturated heterocycles. The molecule has 0 atom stereocenters. The van der Waals surface area contributed by atoms with E-state index < -0.39 is 11.9 Å². The largest absolute Gasteiger partial charge is 0.326 e. The van der Waals surface area contributed by atoms with Crippen molar-refractivity contribution in [2.75, 3.05) is 5.32 Å². The third-order valence-corrected chi connectivity index (χ3v) is 3.47. The van der Waals surface area contributed by atoms with Crippen LogP contribution in [-0.4, -0.2) is 11.9 Å². The average molecular weight is 316 g/mol. The van der Waals surface area contributed by atoms with Crippen LogP contribution in [0.4, 0.5) is 10.5 Å². The number of rotatable bonds is 3. The molecule has 0 heterocycles. The second-order valence-electron chi connectivity index (χ2n) is 5.25. The van der Waals surface area contributed by atoms with Crippen LogP contribution in [0.15, 0.2) is 78.9 Å². The van der Waals surface area contributed by atoms with E-state index in [2.05, 4.69) is 10.6 Å². The van der Waals surface area contributed by atoms with E-state index in [1.165, 1.54) is 6.08 Å². The van der Waals surface area contributed by atoms with Gasteiger partial charge in [0.05, 0.1) is 0 Å². The summed E-state index contributed by atoms with van der Waals surface area (Å²) in [5, 5.41) is 7.04. The van der Waals surface area contributed by atoms with Gasteiger partial charge in [0, 0.05) is 11.8 Å². The molecule has 0 unspecified atom stereocenters. The Morgan fingerprint density at radius 3 is 2.29 bits per heavy atom. The van der Waals surface area contributed by atoms with Gasteiger partial charge in [-0.25, -0.2) is 4.79 Å². The minimum Gasteiger partial charge on any atom is -0.308 e. The highest BCUT2D eigenvalue weighted by molar-refractivity contribution is 6.06.